The molecule has 0 heterocycles. The molecule has 1 amide bonds. The summed E-state index contributed by atoms with van der Waals surface area (Å²) >= 11 is 0. The van der Waals surface area contributed by atoms with Crippen molar-refractivity contribution in [2.24, 2.45) is 0 Å². The second-order valence-corrected chi connectivity index (χ2v) is 3.38. The Kier molecular flexibility index (Phi) is 9.21. The highest BCUT2D eigenvalue weighted by molar-refractivity contribution is 5.87. The fourth-order valence-electron chi connectivity index (χ4n) is 0.952. The van der Waals surface area contributed by atoms with E-state index in [0.29, 0.717) is 13.1 Å². The molecule has 4 heteroatoms. The molecule has 0 saturated heterocycles. The van der Waals surface area contributed by atoms with Crippen LogP contribution in [0.25, 0.3) is 0 Å². The molecular weight excluding hydrogens is 204 g/mol. The fraction of sp³-hybridized carbons (Fsp3) is 0.500. The Hall–Kier alpha value is -1.42. The van der Waals surface area contributed by atoms with E-state index in [-0.39, 0.29) is 11.7 Å². The van der Waals surface area contributed by atoms with Crippen LogP contribution in [-0.2, 0) is 9.59 Å². The van der Waals surface area contributed by atoms with Crippen molar-refractivity contribution in [1.82, 2.24) is 10.6 Å². The van der Waals surface area contributed by atoms with Crippen LogP contribution in [0.5, 0.6) is 0 Å². The molecule has 2 N–H and O–H groups in total. The van der Waals surface area contributed by atoms with E-state index in [9.17, 15) is 9.59 Å². The number of hydrogen-bond donors (Lipinski definition) is 2. The molecule has 0 aliphatic rings. The molecule has 0 aromatic rings. The van der Waals surface area contributed by atoms with Gasteiger partial charge in [-0.15, -0.1) is 0 Å². The Morgan fingerprint density at radius 2 is 2.00 bits per heavy atom. The monoisotopic (exact) mass is 224 g/mol. The van der Waals surface area contributed by atoms with Crippen LogP contribution in [0.4, 0.5) is 0 Å². The molecule has 0 aromatic heterocycles. The Bertz CT molecular complexity index is 270. The summed E-state index contributed by atoms with van der Waals surface area (Å²) in [5, 5.41) is 5.73. The highest BCUT2D eigenvalue weighted by atomic mass is 16.1. The van der Waals surface area contributed by atoms with Gasteiger partial charge in [0, 0.05) is 6.54 Å². The van der Waals surface area contributed by atoms with Gasteiger partial charge in [0.05, 0.1) is 6.54 Å². The van der Waals surface area contributed by atoms with E-state index in [4.69, 9.17) is 0 Å². The molecule has 0 fully saturated rings. The zero-order chi connectivity index (χ0) is 12.2. The molecule has 0 aliphatic carbocycles. The number of carbonyl (C=O) groups is 2. The maximum atomic E-state index is 11.2. The minimum absolute atomic E-state index is 0.0115. The molecule has 0 aliphatic heterocycles. The van der Waals surface area contributed by atoms with Crippen LogP contribution in [0.3, 0.4) is 0 Å². The fourth-order valence-corrected chi connectivity index (χ4v) is 0.952. The van der Waals surface area contributed by atoms with Crippen LogP contribution in [0.1, 0.15) is 20.3 Å². The molecule has 0 radical (unpaired) electrons. The third-order valence-electron chi connectivity index (χ3n) is 1.71. The van der Waals surface area contributed by atoms with Crippen molar-refractivity contribution in [3.63, 3.8) is 0 Å². The minimum atomic E-state index is -0.0198. The first kappa shape index (κ1) is 14.6. The van der Waals surface area contributed by atoms with Crippen molar-refractivity contribution in [2.75, 3.05) is 19.6 Å². The SMILES string of the molecule is CCCNCC(=O)NC/C=C/C=C\C(C)=O. The number of carbonyl (C=O) groups excluding carboxylic acids is 2. The standard InChI is InChI=1S/C12H20N2O2/c1-3-8-13-10-12(16)14-9-6-4-5-7-11(2)15/h4-7,13H,3,8-10H2,1-2H3,(H,14,16)/b6-4+,7-5-. The minimum Gasteiger partial charge on any atom is -0.352 e. The molecule has 90 valence electrons. The zero-order valence-corrected chi connectivity index (χ0v) is 9.95. The first-order chi connectivity index (χ1) is 7.66. The lowest BCUT2D eigenvalue weighted by Crippen LogP contribution is -2.34. The van der Waals surface area contributed by atoms with E-state index >= 15 is 0 Å². The summed E-state index contributed by atoms with van der Waals surface area (Å²) in [6.07, 6.45) is 7.67. The van der Waals surface area contributed by atoms with E-state index in [1.165, 1.54) is 13.0 Å². The number of ketones is 1. The van der Waals surface area contributed by atoms with Crippen LogP contribution in [0.15, 0.2) is 24.3 Å². The van der Waals surface area contributed by atoms with Crippen molar-refractivity contribution in [2.45, 2.75) is 20.3 Å². The summed E-state index contributed by atoms with van der Waals surface area (Å²) in [4.78, 5) is 21.7. The maximum Gasteiger partial charge on any atom is 0.234 e. The van der Waals surface area contributed by atoms with E-state index < -0.39 is 0 Å². The number of amides is 1. The predicted molar refractivity (Wildman–Crippen MR) is 65.1 cm³/mol. The summed E-state index contributed by atoms with van der Waals surface area (Å²) in [6.45, 7) is 5.23. The molecule has 0 unspecified atom stereocenters. The summed E-state index contributed by atoms with van der Waals surface area (Å²) in [5.74, 6) is -0.00824. The van der Waals surface area contributed by atoms with Crippen LogP contribution >= 0.6 is 0 Å². The third kappa shape index (κ3) is 10.7. The highest BCUT2D eigenvalue weighted by Gasteiger charge is 1.95. The normalized spacial score (nSPS) is 11.1. The third-order valence-corrected chi connectivity index (χ3v) is 1.71. The second-order valence-electron chi connectivity index (χ2n) is 3.38. The Morgan fingerprint density at radius 1 is 1.25 bits per heavy atom. The van der Waals surface area contributed by atoms with Crippen LogP contribution in [0, 0.1) is 0 Å². The Morgan fingerprint density at radius 3 is 2.62 bits per heavy atom. The molecule has 0 aromatic carbocycles. The lowest BCUT2D eigenvalue weighted by molar-refractivity contribution is -0.120. The molecule has 4 nitrogen and oxygen atoms in total. The van der Waals surface area contributed by atoms with Crippen LogP contribution < -0.4 is 10.6 Å². The maximum absolute atomic E-state index is 11.2. The molecular formula is C12H20N2O2. The van der Waals surface area contributed by atoms with Gasteiger partial charge in [-0.1, -0.05) is 25.2 Å². The van der Waals surface area contributed by atoms with Crippen molar-refractivity contribution >= 4 is 11.7 Å². The molecule has 0 rings (SSSR count). The zero-order valence-electron chi connectivity index (χ0n) is 9.95. The van der Waals surface area contributed by atoms with E-state index in [1.807, 2.05) is 0 Å². The van der Waals surface area contributed by atoms with Gasteiger partial charge >= 0.3 is 0 Å². The summed E-state index contributed by atoms with van der Waals surface area (Å²) < 4.78 is 0. The van der Waals surface area contributed by atoms with Gasteiger partial charge in [0.25, 0.3) is 0 Å². The topological polar surface area (TPSA) is 58.2 Å². The van der Waals surface area contributed by atoms with Gasteiger partial charge in [-0.3, -0.25) is 9.59 Å². The van der Waals surface area contributed by atoms with Gasteiger partial charge in [-0.05, 0) is 26.0 Å². The lowest BCUT2D eigenvalue weighted by atomic mass is 10.3. The molecule has 0 bridgehead atoms. The average Bonchev–Trinajstić information content (AvgIpc) is 2.23. The molecule has 0 atom stereocenters. The predicted octanol–water partition coefficient (Wildman–Crippen LogP) is 0.804. The number of allylic oxidation sites excluding steroid dienone is 3. The summed E-state index contributed by atoms with van der Waals surface area (Å²) in [5.41, 5.74) is 0. The summed E-state index contributed by atoms with van der Waals surface area (Å²) in [6, 6.07) is 0. The van der Waals surface area contributed by atoms with Crippen molar-refractivity contribution in [1.29, 1.82) is 0 Å². The van der Waals surface area contributed by atoms with Gasteiger partial charge in [0.2, 0.25) is 5.91 Å². The van der Waals surface area contributed by atoms with E-state index in [1.54, 1.807) is 18.2 Å². The smallest absolute Gasteiger partial charge is 0.234 e. The van der Waals surface area contributed by atoms with E-state index in [2.05, 4.69) is 17.6 Å². The lowest BCUT2D eigenvalue weighted by Gasteiger charge is -2.02. The van der Waals surface area contributed by atoms with Gasteiger partial charge in [0.1, 0.15) is 0 Å². The Balaban J connectivity index is 3.50. The van der Waals surface area contributed by atoms with Gasteiger partial charge in [0.15, 0.2) is 5.78 Å². The van der Waals surface area contributed by atoms with Gasteiger partial charge < -0.3 is 10.6 Å². The quantitative estimate of drug-likeness (QED) is 0.364. The van der Waals surface area contributed by atoms with E-state index in [0.717, 1.165) is 13.0 Å². The molecule has 16 heavy (non-hydrogen) atoms. The number of rotatable bonds is 8. The molecule has 0 saturated carbocycles. The average molecular weight is 224 g/mol. The number of nitrogens with one attached hydrogen (secondary N) is 2. The van der Waals surface area contributed by atoms with Crippen molar-refractivity contribution in [3.05, 3.63) is 24.3 Å². The van der Waals surface area contributed by atoms with Crippen LogP contribution in [-0.4, -0.2) is 31.3 Å². The highest BCUT2D eigenvalue weighted by Crippen LogP contribution is 1.78. The first-order valence-electron chi connectivity index (χ1n) is 5.48. The largest absolute Gasteiger partial charge is 0.352 e. The van der Waals surface area contributed by atoms with Gasteiger partial charge in [-0.25, -0.2) is 0 Å². The van der Waals surface area contributed by atoms with Crippen LogP contribution in [0.2, 0.25) is 0 Å². The Labute approximate surface area is 96.8 Å². The van der Waals surface area contributed by atoms with Gasteiger partial charge in [-0.2, -0.15) is 0 Å². The second kappa shape index (κ2) is 10.1. The van der Waals surface area contributed by atoms with Crippen molar-refractivity contribution in [3.8, 4) is 0 Å². The summed E-state index contributed by atoms with van der Waals surface area (Å²) in [7, 11) is 0. The van der Waals surface area contributed by atoms with Crippen molar-refractivity contribution < 1.29 is 9.59 Å². The first-order valence-corrected chi connectivity index (χ1v) is 5.48. The molecule has 0 spiro atoms. The number of hydrogen-bond acceptors (Lipinski definition) is 3.